The molecule has 0 aromatic carbocycles. The van der Waals surface area contributed by atoms with Gasteiger partial charge in [-0.2, -0.15) is 0 Å². The standard InChI is InChI=1S/C13H18N4S/c1-4-11-16-12(14-3)7-13(17-11)15-8-10-9(2)5-6-18-10/h5-7H,4,8H2,1-3H3,(H2,14,15,16,17). The van der Waals surface area contributed by atoms with E-state index in [1.54, 1.807) is 11.3 Å². The van der Waals surface area contributed by atoms with Crippen LogP contribution in [0.2, 0.25) is 0 Å². The van der Waals surface area contributed by atoms with E-state index >= 15 is 0 Å². The van der Waals surface area contributed by atoms with Crippen LogP contribution >= 0.6 is 11.3 Å². The molecule has 0 saturated heterocycles. The SMILES string of the molecule is CCc1nc(NC)cc(NCc2sccc2C)n1. The third kappa shape index (κ3) is 2.98. The number of thiophene rings is 1. The lowest BCUT2D eigenvalue weighted by molar-refractivity contribution is 0.935. The summed E-state index contributed by atoms with van der Waals surface area (Å²) in [6.45, 7) is 5.00. The van der Waals surface area contributed by atoms with E-state index in [0.717, 1.165) is 30.4 Å². The predicted molar refractivity (Wildman–Crippen MR) is 77.3 cm³/mol. The van der Waals surface area contributed by atoms with Crippen LogP contribution in [0.4, 0.5) is 11.6 Å². The van der Waals surface area contributed by atoms with Crippen LogP contribution in [0.1, 0.15) is 23.2 Å². The van der Waals surface area contributed by atoms with Crippen LogP contribution < -0.4 is 10.6 Å². The molecule has 0 atom stereocenters. The summed E-state index contributed by atoms with van der Waals surface area (Å²) in [6, 6.07) is 4.07. The second-order valence-corrected chi connectivity index (χ2v) is 5.04. The fraction of sp³-hybridized carbons (Fsp3) is 0.385. The highest BCUT2D eigenvalue weighted by Gasteiger charge is 2.04. The fourth-order valence-electron chi connectivity index (χ4n) is 1.63. The fourth-order valence-corrected chi connectivity index (χ4v) is 2.48. The highest BCUT2D eigenvalue weighted by molar-refractivity contribution is 7.10. The number of nitrogens with zero attached hydrogens (tertiary/aromatic N) is 2. The zero-order valence-corrected chi connectivity index (χ0v) is 11.8. The number of aromatic nitrogens is 2. The number of hydrogen-bond acceptors (Lipinski definition) is 5. The van der Waals surface area contributed by atoms with E-state index in [2.05, 4.69) is 45.9 Å². The molecule has 0 aliphatic heterocycles. The number of rotatable bonds is 5. The quantitative estimate of drug-likeness (QED) is 0.869. The van der Waals surface area contributed by atoms with Crippen LogP contribution in [-0.4, -0.2) is 17.0 Å². The van der Waals surface area contributed by atoms with Crippen molar-refractivity contribution < 1.29 is 0 Å². The summed E-state index contributed by atoms with van der Waals surface area (Å²) < 4.78 is 0. The molecule has 0 saturated carbocycles. The minimum Gasteiger partial charge on any atom is -0.373 e. The molecule has 5 heteroatoms. The average Bonchev–Trinajstić information content (AvgIpc) is 2.81. The van der Waals surface area contributed by atoms with E-state index in [-0.39, 0.29) is 0 Å². The number of hydrogen-bond donors (Lipinski definition) is 2. The van der Waals surface area contributed by atoms with Crippen molar-refractivity contribution in [1.82, 2.24) is 9.97 Å². The first kappa shape index (κ1) is 12.8. The Morgan fingerprint density at radius 2 is 2.06 bits per heavy atom. The summed E-state index contributed by atoms with van der Waals surface area (Å²) in [7, 11) is 1.87. The van der Waals surface area contributed by atoms with Gasteiger partial charge >= 0.3 is 0 Å². The smallest absolute Gasteiger partial charge is 0.132 e. The summed E-state index contributed by atoms with van der Waals surface area (Å²) in [5, 5.41) is 8.53. The van der Waals surface area contributed by atoms with Gasteiger partial charge in [0.05, 0.1) is 6.54 Å². The van der Waals surface area contributed by atoms with Crippen LogP contribution in [0.5, 0.6) is 0 Å². The Bertz CT molecular complexity index is 499. The van der Waals surface area contributed by atoms with Crippen molar-refractivity contribution in [1.29, 1.82) is 0 Å². The van der Waals surface area contributed by atoms with Crippen molar-refractivity contribution in [3.05, 3.63) is 33.8 Å². The molecule has 4 nitrogen and oxygen atoms in total. The summed E-state index contributed by atoms with van der Waals surface area (Å²) in [4.78, 5) is 10.2. The molecule has 0 amide bonds. The number of nitrogens with one attached hydrogen (secondary N) is 2. The first-order valence-electron chi connectivity index (χ1n) is 6.05. The first-order valence-corrected chi connectivity index (χ1v) is 6.93. The summed E-state index contributed by atoms with van der Waals surface area (Å²) in [5.41, 5.74) is 1.33. The van der Waals surface area contributed by atoms with Gasteiger partial charge in [-0.3, -0.25) is 0 Å². The van der Waals surface area contributed by atoms with E-state index in [0.29, 0.717) is 0 Å². The highest BCUT2D eigenvalue weighted by Crippen LogP contribution is 2.18. The van der Waals surface area contributed by atoms with Crippen molar-refractivity contribution in [2.24, 2.45) is 0 Å². The molecular weight excluding hydrogens is 244 g/mol. The molecule has 0 aliphatic carbocycles. The van der Waals surface area contributed by atoms with Gasteiger partial charge < -0.3 is 10.6 Å². The molecule has 2 rings (SSSR count). The molecule has 0 bridgehead atoms. The van der Waals surface area contributed by atoms with Crippen molar-refractivity contribution in [2.45, 2.75) is 26.8 Å². The lowest BCUT2D eigenvalue weighted by Gasteiger charge is -2.08. The highest BCUT2D eigenvalue weighted by atomic mass is 32.1. The predicted octanol–water partition coefficient (Wildman–Crippen LogP) is 3.06. The minimum absolute atomic E-state index is 0.812. The van der Waals surface area contributed by atoms with Gasteiger partial charge in [0.1, 0.15) is 17.5 Å². The van der Waals surface area contributed by atoms with E-state index in [9.17, 15) is 0 Å². The molecule has 2 heterocycles. The third-order valence-corrected chi connectivity index (χ3v) is 3.77. The molecule has 0 radical (unpaired) electrons. The molecule has 18 heavy (non-hydrogen) atoms. The van der Waals surface area contributed by atoms with Crippen LogP contribution in [0, 0.1) is 6.92 Å². The second-order valence-electron chi connectivity index (χ2n) is 4.04. The normalized spacial score (nSPS) is 10.4. The molecule has 0 aliphatic rings. The van der Waals surface area contributed by atoms with Gasteiger partial charge in [-0.25, -0.2) is 9.97 Å². The zero-order chi connectivity index (χ0) is 13.0. The largest absolute Gasteiger partial charge is 0.373 e. The monoisotopic (exact) mass is 262 g/mol. The van der Waals surface area contributed by atoms with Gasteiger partial charge in [0.25, 0.3) is 0 Å². The van der Waals surface area contributed by atoms with Crippen LogP contribution in [-0.2, 0) is 13.0 Å². The summed E-state index contributed by atoms with van der Waals surface area (Å²) in [5.74, 6) is 2.58. The van der Waals surface area contributed by atoms with Gasteiger partial charge in [0.15, 0.2) is 0 Å². The van der Waals surface area contributed by atoms with Gasteiger partial charge in [-0.05, 0) is 23.9 Å². The first-order chi connectivity index (χ1) is 8.72. The van der Waals surface area contributed by atoms with Crippen LogP contribution in [0.25, 0.3) is 0 Å². The Morgan fingerprint density at radius 3 is 2.67 bits per heavy atom. The molecule has 0 spiro atoms. The third-order valence-electron chi connectivity index (χ3n) is 2.74. The minimum atomic E-state index is 0.812. The van der Waals surface area contributed by atoms with Crippen molar-refractivity contribution >= 4 is 23.0 Å². The Labute approximate surface area is 111 Å². The molecule has 2 N–H and O–H groups in total. The Balaban J connectivity index is 2.11. The maximum Gasteiger partial charge on any atom is 0.132 e. The molecule has 0 fully saturated rings. The van der Waals surface area contributed by atoms with E-state index in [1.165, 1.54) is 10.4 Å². The summed E-state index contributed by atoms with van der Waals surface area (Å²) in [6.07, 6.45) is 0.836. The van der Waals surface area contributed by atoms with Gasteiger partial charge in [-0.15, -0.1) is 11.3 Å². The lowest BCUT2D eigenvalue weighted by Crippen LogP contribution is -2.06. The van der Waals surface area contributed by atoms with Gasteiger partial charge in [0, 0.05) is 24.4 Å². The number of aryl methyl sites for hydroxylation is 2. The molecule has 2 aromatic heterocycles. The van der Waals surface area contributed by atoms with Crippen LogP contribution in [0.3, 0.4) is 0 Å². The van der Waals surface area contributed by atoms with Crippen molar-refractivity contribution in [2.75, 3.05) is 17.7 Å². The topological polar surface area (TPSA) is 49.8 Å². The molecule has 0 unspecified atom stereocenters. The Kier molecular flexibility index (Phi) is 4.15. The zero-order valence-electron chi connectivity index (χ0n) is 10.9. The van der Waals surface area contributed by atoms with Crippen molar-refractivity contribution in [3.63, 3.8) is 0 Å². The maximum absolute atomic E-state index is 4.47. The lowest BCUT2D eigenvalue weighted by atomic mass is 10.3. The van der Waals surface area contributed by atoms with Crippen molar-refractivity contribution in [3.8, 4) is 0 Å². The number of anilines is 2. The van der Waals surface area contributed by atoms with E-state index in [1.807, 2.05) is 13.1 Å². The van der Waals surface area contributed by atoms with Gasteiger partial charge in [0.2, 0.25) is 0 Å². The average molecular weight is 262 g/mol. The second kappa shape index (κ2) is 5.82. The Hall–Kier alpha value is -1.62. The Morgan fingerprint density at radius 1 is 1.28 bits per heavy atom. The molecule has 96 valence electrons. The maximum atomic E-state index is 4.47. The van der Waals surface area contributed by atoms with Gasteiger partial charge in [-0.1, -0.05) is 6.92 Å². The van der Waals surface area contributed by atoms with E-state index in [4.69, 9.17) is 0 Å². The summed E-state index contributed by atoms with van der Waals surface area (Å²) >= 11 is 1.77. The van der Waals surface area contributed by atoms with Crippen LogP contribution in [0.15, 0.2) is 17.5 Å². The molecular formula is C13H18N4S. The van der Waals surface area contributed by atoms with E-state index < -0.39 is 0 Å². The molecule has 2 aromatic rings.